The summed E-state index contributed by atoms with van der Waals surface area (Å²) in [5.41, 5.74) is 0.806. The molecule has 0 bridgehead atoms. The van der Waals surface area contributed by atoms with Crippen LogP contribution in [0.25, 0.3) is 11.4 Å². The average molecular weight is 413 g/mol. The van der Waals surface area contributed by atoms with Gasteiger partial charge in [-0.15, -0.1) is 0 Å². The first-order valence-electron chi connectivity index (χ1n) is 9.35. The highest BCUT2D eigenvalue weighted by molar-refractivity contribution is 5.68. The standard InChI is InChI=1S/C18H22F3N5O3/c1-3-4-9-28-17(27)26-8-7-12(10-26)23-14-6-5-13(11(2)22-14)15-24-16(29-25-15)18(19,20)21/h5-6,12H,3-4,7-10H2,1-2H3,(H,22,23)/t12-/m0/s1. The Kier molecular flexibility index (Phi) is 6.23. The monoisotopic (exact) mass is 413 g/mol. The number of aryl methyl sites for hydroxylation is 1. The molecule has 3 rings (SSSR count). The number of halogens is 3. The fourth-order valence-corrected chi connectivity index (χ4v) is 2.97. The van der Waals surface area contributed by atoms with Crippen LogP contribution in [0.15, 0.2) is 16.7 Å². The maximum Gasteiger partial charge on any atom is 0.471 e. The Bertz CT molecular complexity index is 856. The normalized spacial score (nSPS) is 16.9. The number of likely N-dealkylation sites (tertiary alicyclic amines) is 1. The number of hydrogen-bond acceptors (Lipinski definition) is 7. The molecule has 1 amide bonds. The van der Waals surface area contributed by atoms with Crippen molar-refractivity contribution in [3.8, 4) is 11.4 Å². The van der Waals surface area contributed by atoms with E-state index in [0.29, 0.717) is 36.8 Å². The fourth-order valence-electron chi connectivity index (χ4n) is 2.97. The Hall–Kier alpha value is -2.85. The van der Waals surface area contributed by atoms with Gasteiger partial charge >= 0.3 is 18.2 Å². The van der Waals surface area contributed by atoms with Gasteiger partial charge in [-0.2, -0.15) is 18.2 Å². The molecule has 1 fully saturated rings. The van der Waals surface area contributed by atoms with Crippen LogP contribution in [0.5, 0.6) is 0 Å². The lowest BCUT2D eigenvalue weighted by molar-refractivity contribution is -0.159. The molecule has 1 atom stereocenters. The largest absolute Gasteiger partial charge is 0.471 e. The maximum absolute atomic E-state index is 12.6. The Labute approximate surface area is 165 Å². The quantitative estimate of drug-likeness (QED) is 0.718. The highest BCUT2D eigenvalue weighted by Gasteiger charge is 2.38. The molecular formula is C18H22F3N5O3. The van der Waals surface area contributed by atoms with Gasteiger partial charge in [0.2, 0.25) is 5.82 Å². The van der Waals surface area contributed by atoms with Crippen LogP contribution >= 0.6 is 0 Å². The van der Waals surface area contributed by atoms with Crippen molar-refractivity contribution in [2.24, 2.45) is 0 Å². The number of unbranched alkanes of at least 4 members (excludes halogenated alkanes) is 1. The Morgan fingerprint density at radius 3 is 2.83 bits per heavy atom. The number of pyridine rings is 1. The molecule has 0 aromatic carbocycles. The van der Waals surface area contributed by atoms with Crippen molar-refractivity contribution in [3.05, 3.63) is 23.7 Å². The first-order valence-corrected chi connectivity index (χ1v) is 9.35. The first kappa shape index (κ1) is 20.9. The number of rotatable bonds is 6. The van der Waals surface area contributed by atoms with E-state index in [4.69, 9.17) is 4.74 Å². The number of nitrogens with one attached hydrogen (secondary N) is 1. The highest BCUT2D eigenvalue weighted by atomic mass is 19.4. The van der Waals surface area contributed by atoms with Crippen LogP contribution in [0, 0.1) is 6.92 Å². The summed E-state index contributed by atoms with van der Waals surface area (Å²) in [5, 5.41) is 6.62. The lowest BCUT2D eigenvalue weighted by Crippen LogP contribution is -2.32. The molecule has 8 nitrogen and oxygen atoms in total. The van der Waals surface area contributed by atoms with Gasteiger partial charge in [0.25, 0.3) is 0 Å². The van der Waals surface area contributed by atoms with Crippen molar-refractivity contribution in [2.75, 3.05) is 25.0 Å². The lowest BCUT2D eigenvalue weighted by atomic mass is 10.2. The zero-order valence-corrected chi connectivity index (χ0v) is 16.1. The SMILES string of the molecule is CCCCOC(=O)N1CC[C@H](Nc2ccc(-c3noc(C(F)(F)F)n3)c(C)n2)C1. The summed E-state index contributed by atoms with van der Waals surface area (Å²) in [5.74, 6) is -1.02. The molecule has 1 aliphatic rings. The van der Waals surface area contributed by atoms with E-state index in [1.807, 2.05) is 6.92 Å². The number of anilines is 1. The zero-order valence-electron chi connectivity index (χ0n) is 16.1. The predicted octanol–water partition coefficient (Wildman–Crippen LogP) is 3.88. The van der Waals surface area contributed by atoms with Crippen LogP contribution in [0.2, 0.25) is 0 Å². The molecule has 2 aromatic rings. The van der Waals surface area contributed by atoms with Gasteiger partial charge in [-0.25, -0.2) is 9.78 Å². The third kappa shape index (κ3) is 5.15. The van der Waals surface area contributed by atoms with E-state index < -0.39 is 12.1 Å². The molecule has 1 saturated heterocycles. The number of nitrogens with zero attached hydrogens (tertiary/aromatic N) is 4. The third-order valence-electron chi connectivity index (χ3n) is 4.52. The minimum Gasteiger partial charge on any atom is -0.449 e. The molecule has 0 spiro atoms. The summed E-state index contributed by atoms with van der Waals surface area (Å²) >= 11 is 0. The van der Waals surface area contributed by atoms with Gasteiger partial charge in [-0.1, -0.05) is 18.5 Å². The molecule has 0 unspecified atom stereocenters. The number of aromatic nitrogens is 3. The molecule has 1 N–H and O–H groups in total. The molecule has 3 heterocycles. The van der Waals surface area contributed by atoms with Gasteiger partial charge < -0.3 is 19.5 Å². The van der Waals surface area contributed by atoms with Crippen molar-refractivity contribution < 1.29 is 27.2 Å². The minimum absolute atomic E-state index is 0.00785. The van der Waals surface area contributed by atoms with Crippen LogP contribution in [0.1, 0.15) is 37.8 Å². The van der Waals surface area contributed by atoms with Crippen molar-refractivity contribution in [2.45, 2.75) is 45.3 Å². The van der Waals surface area contributed by atoms with E-state index in [1.54, 1.807) is 24.0 Å². The number of ether oxygens (including phenoxy) is 1. The summed E-state index contributed by atoms with van der Waals surface area (Å²) in [4.78, 5) is 21.4. The predicted molar refractivity (Wildman–Crippen MR) is 97.1 cm³/mol. The second-order valence-corrected chi connectivity index (χ2v) is 6.79. The van der Waals surface area contributed by atoms with Gasteiger partial charge in [0, 0.05) is 24.7 Å². The zero-order chi connectivity index (χ0) is 21.0. The smallest absolute Gasteiger partial charge is 0.449 e. The molecular weight excluding hydrogens is 391 g/mol. The first-order chi connectivity index (χ1) is 13.8. The van der Waals surface area contributed by atoms with Crippen LogP contribution in [0.3, 0.4) is 0 Å². The van der Waals surface area contributed by atoms with Gasteiger partial charge in [-0.05, 0) is 31.9 Å². The van der Waals surface area contributed by atoms with E-state index >= 15 is 0 Å². The number of hydrogen-bond donors (Lipinski definition) is 1. The van der Waals surface area contributed by atoms with Gasteiger partial charge in [0.1, 0.15) is 5.82 Å². The summed E-state index contributed by atoms with van der Waals surface area (Å²) in [6, 6.07) is 3.23. The van der Waals surface area contributed by atoms with E-state index in [9.17, 15) is 18.0 Å². The Morgan fingerprint density at radius 2 is 2.17 bits per heavy atom. The van der Waals surface area contributed by atoms with Crippen LogP contribution in [-0.2, 0) is 10.9 Å². The molecule has 0 aliphatic carbocycles. The Morgan fingerprint density at radius 1 is 1.38 bits per heavy atom. The average Bonchev–Trinajstić information content (AvgIpc) is 3.31. The van der Waals surface area contributed by atoms with E-state index in [2.05, 4.69) is 25.0 Å². The van der Waals surface area contributed by atoms with Gasteiger partial charge in [0.05, 0.1) is 12.3 Å². The maximum atomic E-state index is 12.6. The third-order valence-corrected chi connectivity index (χ3v) is 4.52. The van der Waals surface area contributed by atoms with Gasteiger partial charge in [-0.3, -0.25) is 0 Å². The molecule has 158 valence electrons. The van der Waals surface area contributed by atoms with E-state index in [-0.39, 0.29) is 18.0 Å². The molecule has 0 radical (unpaired) electrons. The molecule has 11 heteroatoms. The topological polar surface area (TPSA) is 93.4 Å². The van der Waals surface area contributed by atoms with E-state index in [0.717, 1.165) is 19.3 Å². The number of carbonyl (C=O) groups is 1. The Balaban J connectivity index is 1.60. The van der Waals surface area contributed by atoms with E-state index in [1.165, 1.54) is 0 Å². The highest BCUT2D eigenvalue weighted by Crippen LogP contribution is 2.30. The van der Waals surface area contributed by atoms with Crippen molar-refractivity contribution >= 4 is 11.9 Å². The summed E-state index contributed by atoms with van der Waals surface area (Å²) in [6.07, 6.45) is -2.48. The molecule has 2 aromatic heterocycles. The second-order valence-electron chi connectivity index (χ2n) is 6.79. The molecule has 0 saturated carbocycles. The molecule has 29 heavy (non-hydrogen) atoms. The van der Waals surface area contributed by atoms with Crippen molar-refractivity contribution in [1.29, 1.82) is 0 Å². The van der Waals surface area contributed by atoms with Crippen LogP contribution in [0.4, 0.5) is 23.8 Å². The fraction of sp³-hybridized carbons (Fsp3) is 0.556. The van der Waals surface area contributed by atoms with Gasteiger partial charge in [0.15, 0.2) is 0 Å². The van der Waals surface area contributed by atoms with Crippen LogP contribution < -0.4 is 5.32 Å². The lowest BCUT2D eigenvalue weighted by Gasteiger charge is -2.17. The number of alkyl halides is 3. The number of amides is 1. The summed E-state index contributed by atoms with van der Waals surface area (Å²) in [7, 11) is 0. The molecule has 1 aliphatic heterocycles. The summed E-state index contributed by atoms with van der Waals surface area (Å²) < 4.78 is 47.4. The number of carbonyl (C=O) groups excluding carboxylic acids is 1. The second kappa shape index (κ2) is 8.66. The van der Waals surface area contributed by atoms with Crippen molar-refractivity contribution in [3.63, 3.8) is 0 Å². The van der Waals surface area contributed by atoms with Crippen LogP contribution in [-0.4, -0.2) is 51.9 Å². The summed E-state index contributed by atoms with van der Waals surface area (Å²) in [6.45, 7) is 5.17. The van der Waals surface area contributed by atoms with Crippen molar-refractivity contribution in [1.82, 2.24) is 20.0 Å². The minimum atomic E-state index is -4.69.